The molecule has 2 aromatic rings. The third-order valence-corrected chi connectivity index (χ3v) is 4.40. The van der Waals surface area contributed by atoms with E-state index in [9.17, 15) is 0 Å². The van der Waals surface area contributed by atoms with Crippen LogP contribution in [0, 0.1) is 0 Å². The van der Waals surface area contributed by atoms with E-state index < -0.39 is 0 Å². The van der Waals surface area contributed by atoms with Gasteiger partial charge in [-0.25, -0.2) is 0 Å². The fraction of sp³-hybridized carbons (Fsp3) is 0.409. The third kappa shape index (κ3) is 7.40. The lowest BCUT2D eigenvalue weighted by Crippen LogP contribution is -2.37. The highest BCUT2D eigenvalue weighted by Gasteiger charge is 2.12. The molecule has 7 heteroatoms. The topological polar surface area (TPSA) is 64.1 Å². The van der Waals surface area contributed by atoms with Gasteiger partial charge in [-0.3, -0.25) is 4.99 Å². The summed E-state index contributed by atoms with van der Waals surface area (Å²) < 4.78 is 16.5. The van der Waals surface area contributed by atoms with E-state index >= 15 is 0 Å². The number of fused-ring (bicyclic) bond motifs is 1. The molecule has 0 amide bonds. The van der Waals surface area contributed by atoms with E-state index in [4.69, 9.17) is 14.2 Å². The Balaban J connectivity index is 0.00000300. The Morgan fingerprint density at radius 2 is 1.83 bits per heavy atom. The van der Waals surface area contributed by atoms with E-state index in [0.29, 0.717) is 19.9 Å². The Labute approximate surface area is 190 Å². The molecule has 0 spiro atoms. The Kier molecular flexibility index (Phi) is 9.53. The zero-order chi connectivity index (χ0) is 19.8. The molecule has 0 atom stereocenters. The summed E-state index contributed by atoms with van der Waals surface area (Å²) in [5.74, 6) is 2.42. The van der Waals surface area contributed by atoms with Crippen LogP contribution in [0.5, 0.6) is 11.5 Å². The van der Waals surface area contributed by atoms with Gasteiger partial charge < -0.3 is 24.8 Å². The molecule has 1 heterocycles. The summed E-state index contributed by atoms with van der Waals surface area (Å²) >= 11 is 0. The van der Waals surface area contributed by atoms with Crippen LogP contribution in [-0.2, 0) is 24.3 Å². The molecule has 3 rings (SSSR count). The summed E-state index contributed by atoms with van der Waals surface area (Å²) in [6, 6.07) is 14.5. The molecule has 0 radical (unpaired) electrons. The zero-order valence-electron chi connectivity index (χ0n) is 17.2. The van der Waals surface area contributed by atoms with Crippen LogP contribution in [0.2, 0.25) is 0 Å². The number of benzene rings is 2. The number of nitrogens with one attached hydrogen (secondary N) is 2. The minimum Gasteiger partial charge on any atom is -0.454 e. The lowest BCUT2D eigenvalue weighted by atomic mass is 10.1. The van der Waals surface area contributed by atoms with Crippen LogP contribution in [0.3, 0.4) is 0 Å². The number of nitrogens with zero attached hydrogens (tertiary/aromatic N) is 1. The van der Waals surface area contributed by atoms with Crippen molar-refractivity contribution in [2.45, 2.75) is 39.5 Å². The largest absolute Gasteiger partial charge is 0.454 e. The molecule has 0 aromatic heterocycles. The molecule has 29 heavy (non-hydrogen) atoms. The van der Waals surface area contributed by atoms with Crippen LogP contribution in [0.4, 0.5) is 0 Å². The van der Waals surface area contributed by atoms with Gasteiger partial charge in [0.2, 0.25) is 6.79 Å². The standard InChI is InChI=1S/C22H29N3O3.HI/c1-16(2)26-14-19-6-4-5-18(11-19)13-25-22(23-3)24-10-9-17-7-8-20-21(12-17)28-15-27-20;/h4-8,11-12,16H,9-10,13-15H2,1-3H3,(H2,23,24,25);1H. The monoisotopic (exact) mass is 511 g/mol. The fourth-order valence-electron chi connectivity index (χ4n) is 2.92. The van der Waals surface area contributed by atoms with E-state index in [2.05, 4.69) is 46.0 Å². The highest BCUT2D eigenvalue weighted by molar-refractivity contribution is 14.0. The van der Waals surface area contributed by atoms with Gasteiger partial charge in [0.1, 0.15) is 0 Å². The molecule has 2 aromatic carbocycles. The second-order valence-corrected chi connectivity index (χ2v) is 6.97. The summed E-state index contributed by atoms with van der Waals surface area (Å²) in [7, 11) is 1.78. The molecule has 0 saturated carbocycles. The predicted molar refractivity (Wildman–Crippen MR) is 126 cm³/mol. The number of hydrogen-bond donors (Lipinski definition) is 2. The van der Waals surface area contributed by atoms with Crippen molar-refractivity contribution in [2.75, 3.05) is 20.4 Å². The fourth-order valence-corrected chi connectivity index (χ4v) is 2.92. The number of rotatable bonds is 8. The molecule has 6 nitrogen and oxygen atoms in total. The first kappa shape index (κ1) is 23.3. The molecule has 0 unspecified atom stereocenters. The zero-order valence-corrected chi connectivity index (χ0v) is 19.6. The van der Waals surface area contributed by atoms with Gasteiger partial charge in [-0.2, -0.15) is 0 Å². The van der Waals surface area contributed by atoms with Crippen molar-refractivity contribution in [3.05, 3.63) is 59.2 Å². The number of ether oxygens (including phenoxy) is 3. The maximum absolute atomic E-state index is 5.68. The van der Waals surface area contributed by atoms with Gasteiger partial charge in [-0.15, -0.1) is 24.0 Å². The molecule has 1 aliphatic heterocycles. The maximum Gasteiger partial charge on any atom is 0.231 e. The molecule has 1 aliphatic rings. The first-order chi connectivity index (χ1) is 13.6. The van der Waals surface area contributed by atoms with Crippen LogP contribution in [-0.4, -0.2) is 32.4 Å². The van der Waals surface area contributed by atoms with Crippen LogP contribution in [0.1, 0.15) is 30.5 Å². The minimum atomic E-state index is 0. The maximum atomic E-state index is 5.68. The molecular formula is C22H30IN3O3. The average molecular weight is 511 g/mol. The van der Waals surface area contributed by atoms with Crippen molar-refractivity contribution in [2.24, 2.45) is 4.99 Å². The lowest BCUT2D eigenvalue weighted by Gasteiger charge is -2.13. The highest BCUT2D eigenvalue weighted by atomic mass is 127. The normalized spacial score (nSPS) is 12.6. The first-order valence-electron chi connectivity index (χ1n) is 9.66. The van der Waals surface area contributed by atoms with Gasteiger partial charge in [0.05, 0.1) is 12.7 Å². The van der Waals surface area contributed by atoms with Crippen LogP contribution in [0.25, 0.3) is 0 Å². The van der Waals surface area contributed by atoms with Crippen molar-refractivity contribution in [3.63, 3.8) is 0 Å². The Morgan fingerprint density at radius 3 is 2.62 bits per heavy atom. The number of hydrogen-bond acceptors (Lipinski definition) is 4. The van der Waals surface area contributed by atoms with Crippen molar-refractivity contribution in [1.29, 1.82) is 0 Å². The van der Waals surface area contributed by atoms with Gasteiger partial charge in [0, 0.05) is 20.1 Å². The summed E-state index contributed by atoms with van der Waals surface area (Å²) in [6.45, 7) is 6.52. The van der Waals surface area contributed by atoms with Crippen molar-refractivity contribution < 1.29 is 14.2 Å². The van der Waals surface area contributed by atoms with Crippen LogP contribution in [0.15, 0.2) is 47.5 Å². The molecule has 0 bridgehead atoms. The summed E-state index contributed by atoms with van der Waals surface area (Å²) in [6.07, 6.45) is 1.11. The van der Waals surface area contributed by atoms with E-state index in [0.717, 1.165) is 30.4 Å². The average Bonchev–Trinajstić information content (AvgIpc) is 3.17. The second kappa shape index (κ2) is 11.9. The highest BCUT2D eigenvalue weighted by Crippen LogP contribution is 2.32. The number of guanidine groups is 1. The molecule has 0 saturated heterocycles. The van der Waals surface area contributed by atoms with Crippen LogP contribution < -0.4 is 20.1 Å². The number of halogens is 1. The summed E-state index contributed by atoms with van der Waals surface area (Å²) in [5, 5.41) is 6.71. The Hall–Kier alpha value is -2.00. The molecule has 0 fully saturated rings. The van der Waals surface area contributed by atoms with E-state index in [1.165, 1.54) is 16.7 Å². The van der Waals surface area contributed by atoms with E-state index in [1.807, 2.05) is 26.0 Å². The summed E-state index contributed by atoms with van der Waals surface area (Å²) in [4.78, 5) is 4.30. The smallest absolute Gasteiger partial charge is 0.231 e. The Bertz CT molecular complexity index is 812. The minimum absolute atomic E-state index is 0. The van der Waals surface area contributed by atoms with E-state index in [-0.39, 0.29) is 30.1 Å². The summed E-state index contributed by atoms with van der Waals surface area (Å²) in [5.41, 5.74) is 3.58. The molecule has 2 N–H and O–H groups in total. The Morgan fingerprint density at radius 1 is 1.03 bits per heavy atom. The van der Waals surface area contributed by atoms with Gasteiger partial charge in [-0.1, -0.05) is 30.3 Å². The van der Waals surface area contributed by atoms with Crippen molar-refractivity contribution >= 4 is 29.9 Å². The quantitative estimate of drug-likeness (QED) is 0.320. The number of aliphatic imine (C=N–C) groups is 1. The van der Waals surface area contributed by atoms with Gasteiger partial charge in [0.25, 0.3) is 0 Å². The van der Waals surface area contributed by atoms with Gasteiger partial charge >= 0.3 is 0 Å². The molecule has 0 aliphatic carbocycles. The van der Waals surface area contributed by atoms with Gasteiger partial charge in [-0.05, 0) is 49.1 Å². The lowest BCUT2D eigenvalue weighted by molar-refractivity contribution is 0.0657. The SMILES string of the molecule is CN=C(NCCc1ccc2c(c1)OCO2)NCc1cccc(COC(C)C)c1.I. The molecular weight excluding hydrogens is 481 g/mol. The predicted octanol–water partition coefficient (Wildman–Crippen LogP) is 3.87. The van der Waals surface area contributed by atoms with Crippen molar-refractivity contribution in [3.8, 4) is 11.5 Å². The third-order valence-electron chi connectivity index (χ3n) is 4.40. The van der Waals surface area contributed by atoms with E-state index in [1.54, 1.807) is 7.05 Å². The van der Waals surface area contributed by atoms with Crippen LogP contribution >= 0.6 is 24.0 Å². The second-order valence-electron chi connectivity index (χ2n) is 6.97. The van der Waals surface area contributed by atoms with Crippen molar-refractivity contribution in [1.82, 2.24) is 10.6 Å². The first-order valence-corrected chi connectivity index (χ1v) is 9.66. The molecule has 158 valence electrons. The van der Waals surface area contributed by atoms with Gasteiger partial charge in [0.15, 0.2) is 17.5 Å².